The molecule has 1 saturated heterocycles. The van der Waals surface area contributed by atoms with Crippen molar-refractivity contribution in [1.82, 2.24) is 10.7 Å². The highest BCUT2D eigenvalue weighted by molar-refractivity contribution is 7.80. The van der Waals surface area contributed by atoms with Crippen LogP contribution in [0.15, 0.2) is 23.3 Å². The van der Waals surface area contributed by atoms with Crippen LogP contribution >= 0.6 is 35.4 Å². The summed E-state index contributed by atoms with van der Waals surface area (Å²) < 4.78 is 5.51. The summed E-state index contributed by atoms with van der Waals surface area (Å²) in [5.74, 6) is 0. The molecule has 0 spiro atoms. The van der Waals surface area contributed by atoms with Crippen molar-refractivity contribution in [1.29, 1.82) is 0 Å². The van der Waals surface area contributed by atoms with Gasteiger partial charge in [-0.05, 0) is 49.7 Å². The molecular formula is C14H17Cl2N3OS. The zero-order valence-corrected chi connectivity index (χ0v) is 14.0. The van der Waals surface area contributed by atoms with Gasteiger partial charge in [0.15, 0.2) is 5.11 Å². The standard InChI is InChI=1S/C14H17Cl2N3OS/c1-9(10-4-5-12(15)13(16)7-10)18-19-14(21)17-8-11-3-2-6-20-11/h4-5,7,11H,2-3,6,8H2,1H3,(H2,17,19,21). The lowest BCUT2D eigenvalue weighted by atomic mass is 10.1. The molecule has 4 nitrogen and oxygen atoms in total. The van der Waals surface area contributed by atoms with Crippen molar-refractivity contribution in [3.8, 4) is 0 Å². The van der Waals surface area contributed by atoms with Crippen molar-refractivity contribution in [2.24, 2.45) is 5.10 Å². The lowest BCUT2D eigenvalue weighted by Crippen LogP contribution is -2.37. The van der Waals surface area contributed by atoms with Gasteiger partial charge in [-0.15, -0.1) is 0 Å². The molecule has 1 aromatic carbocycles. The van der Waals surface area contributed by atoms with Gasteiger partial charge in [0.2, 0.25) is 0 Å². The van der Waals surface area contributed by atoms with Crippen LogP contribution < -0.4 is 10.7 Å². The van der Waals surface area contributed by atoms with Crippen LogP contribution in [0.2, 0.25) is 10.0 Å². The average Bonchev–Trinajstić information content (AvgIpc) is 2.98. The summed E-state index contributed by atoms with van der Waals surface area (Å²) in [5.41, 5.74) is 4.48. The Morgan fingerprint density at radius 1 is 1.43 bits per heavy atom. The first-order valence-electron chi connectivity index (χ1n) is 6.71. The molecular weight excluding hydrogens is 329 g/mol. The lowest BCUT2D eigenvalue weighted by molar-refractivity contribution is 0.114. The third-order valence-corrected chi connectivity index (χ3v) is 4.15. The van der Waals surface area contributed by atoms with Crippen molar-refractivity contribution in [2.45, 2.75) is 25.9 Å². The molecule has 0 saturated carbocycles. The second kappa shape index (κ2) is 7.94. The summed E-state index contributed by atoms with van der Waals surface area (Å²) in [7, 11) is 0. The highest BCUT2D eigenvalue weighted by Gasteiger charge is 2.15. The van der Waals surface area contributed by atoms with Gasteiger partial charge in [0.1, 0.15) is 0 Å². The fraction of sp³-hybridized carbons (Fsp3) is 0.429. The summed E-state index contributed by atoms with van der Waals surface area (Å²) in [6, 6.07) is 5.37. The third kappa shape index (κ3) is 5.11. The van der Waals surface area contributed by atoms with E-state index in [1.54, 1.807) is 12.1 Å². The van der Waals surface area contributed by atoms with E-state index in [1.165, 1.54) is 0 Å². The molecule has 0 bridgehead atoms. The topological polar surface area (TPSA) is 45.7 Å². The first kappa shape index (κ1) is 16.5. The summed E-state index contributed by atoms with van der Waals surface area (Å²) in [5, 5.41) is 8.83. The minimum absolute atomic E-state index is 0.241. The smallest absolute Gasteiger partial charge is 0.187 e. The van der Waals surface area contributed by atoms with Crippen molar-refractivity contribution >= 4 is 46.2 Å². The molecule has 0 radical (unpaired) electrons. The maximum Gasteiger partial charge on any atom is 0.187 e. The number of nitrogens with one attached hydrogen (secondary N) is 2. The number of hydrazone groups is 1. The molecule has 1 aliphatic rings. The molecule has 0 amide bonds. The molecule has 114 valence electrons. The van der Waals surface area contributed by atoms with Gasteiger partial charge in [-0.1, -0.05) is 29.3 Å². The van der Waals surface area contributed by atoms with Crippen molar-refractivity contribution in [2.75, 3.05) is 13.2 Å². The predicted octanol–water partition coefficient (Wildman–Crippen LogP) is 3.36. The number of hydrogen-bond acceptors (Lipinski definition) is 3. The van der Waals surface area contributed by atoms with Gasteiger partial charge in [-0.3, -0.25) is 5.43 Å². The fourth-order valence-corrected chi connectivity index (χ4v) is 2.40. The number of ether oxygens (including phenoxy) is 1. The van der Waals surface area contributed by atoms with E-state index in [-0.39, 0.29) is 6.10 Å². The molecule has 7 heteroatoms. The van der Waals surface area contributed by atoms with Crippen LogP contribution in [0.5, 0.6) is 0 Å². The zero-order chi connectivity index (χ0) is 15.2. The Balaban J connectivity index is 1.84. The summed E-state index contributed by atoms with van der Waals surface area (Å²) in [4.78, 5) is 0. The van der Waals surface area contributed by atoms with Gasteiger partial charge in [-0.2, -0.15) is 5.10 Å². The lowest BCUT2D eigenvalue weighted by Gasteiger charge is -2.12. The van der Waals surface area contributed by atoms with Crippen LogP contribution in [0.25, 0.3) is 0 Å². The van der Waals surface area contributed by atoms with Gasteiger partial charge in [0.05, 0.1) is 21.9 Å². The van der Waals surface area contributed by atoms with E-state index in [0.29, 0.717) is 21.7 Å². The molecule has 1 heterocycles. The number of hydrogen-bond donors (Lipinski definition) is 2. The number of benzene rings is 1. The number of halogens is 2. The van der Waals surface area contributed by atoms with E-state index in [4.69, 9.17) is 40.2 Å². The van der Waals surface area contributed by atoms with Gasteiger partial charge < -0.3 is 10.1 Å². The highest BCUT2D eigenvalue weighted by atomic mass is 35.5. The van der Waals surface area contributed by atoms with Crippen molar-refractivity contribution in [3.63, 3.8) is 0 Å². The summed E-state index contributed by atoms with van der Waals surface area (Å²) in [6.45, 7) is 3.41. The summed E-state index contributed by atoms with van der Waals surface area (Å²) in [6.07, 6.45) is 2.42. The Bertz CT molecular complexity index is 545. The second-order valence-electron chi connectivity index (χ2n) is 4.78. The maximum atomic E-state index is 5.98. The average molecular weight is 346 g/mol. The molecule has 1 unspecified atom stereocenters. The van der Waals surface area contributed by atoms with Crippen LogP contribution in [0.4, 0.5) is 0 Å². The van der Waals surface area contributed by atoms with Crippen molar-refractivity contribution in [3.05, 3.63) is 33.8 Å². The van der Waals surface area contributed by atoms with Crippen LogP contribution in [-0.2, 0) is 4.74 Å². The minimum atomic E-state index is 0.241. The first-order valence-corrected chi connectivity index (χ1v) is 7.88. The highest BCUT2D eigenvalue weighted by Crippen LogP contribution is 2.22. The van der Waals surface area contributed by atoms with Gasteiger partial charge in [0.25, 0.3) is 0 Å². The van der Waals surface area contributed by atoms with Crippen molar-refractivity contribution < 1.29 is 4.74 Å². The first-order chi connectivity index (χ1) is 10.1. The van der Waals surface area contributed by atoms with E-state index in [0.717, 1.165) is 30.7 Å². The number of thiocarbonyl (C=S) groups is 1. The van der Waals surface area contributed by atoms with Gasteiger partial charge in [0, 0.05) is 13.2 Å². The molecule has 1 aliphatic heterocycles. The molecule has 0 aromatic heterocycles. The largest absolute Gasteiger partial charge is 0.376 e. The summed E-state index contributed by atoms with van der Waals surface area (Å²) >= 11 is 17.0. The Morgan fingerprint density at radius 2 is 2.24 bits per heavy atom. The van der Waals surface area contributed by atoms with Crippen LogP contribution in [0.3, 0.4) is 0 Å². The molecule has 1 fully saturated rings. The number of nitrogens with zero attached hydrogens (tertiary/aromatic N) is 1. The SMILES string of the molecule is CC(=NNC(=S)NCC1CCCO1)c1ccc(Cl)c(Cl)c1. The van der Waals surface area contributed by atoms with E-state index >= 15 is 0 Å². The maximum absolute atomic E-state index is 5.98. The molecule has 21 heavy (non-hydrogen) atoms. The van der Waals surface area contributed by atoms with Gasteiger partial charge in [-0.25, -0.2) is 0 Å². The van der Waals surface area contributed by atoms with Crippen LogP contribution in [0, 0.1) is 0 Å². The Hall–Kier alpha value is -0.880. The normalized spacial score (nSPS) is 18.6. The van der Waals surface area contributed by atoms with Crippen LogP contribution in [-0.4, -0.2) is 30.1 Å². The molecule has 1 aromatic rings. The molecule has 0 aliphatic carbocycles. The Morgan fingerprint density at radius 3 is 2.90 bits per heavy atom. The van der Waals surface area contributed by atoms with E-state index < -0.39 is 0 Å². The van der Waals surface area contributed by atoms with E-state index in [9.17, 15) is 0 Å². The van der Waals surface area contributed by atoms with E-state index in [1.807, 2.05) is 13.0 Å². The van der Waals surface area contributed by atoms with E-state index in [2.05, 4.69) is 15.8 Å². The quantitative estimate of drug-likeness (QED) is 0.499. The Labute approximate surface area is 139 Å². The third-order valence-electron chi connectivity index (χ3n) is 3.18. The number of rotatable bonds is 4. The second-order valence-corrected chi connectivity index (χ2v) is 6.01. The predicted molar refractivity (Wildman–Crippen MR) is 91.4 cm³/mol. The molecule has 1 atom stereocenters. The monoisotopic (exact) mass is 345 g/mol. The minimum Gasteiger partial charge on any atom is -0.376 e. The fourth-order valence-electron chi connectivity index (χ4n) is 1.97. The van der Waals surface area contributed by atoms with Gasteiger partial charge >= 0.3 is 0 Å². The Kier molecular flexibility index (Phi) is 6.23. The molecule has 2 N–H and O–H groups in total. The molecule has 2 rings (SSSR count). The zero-order valence-electron chi connectivity index (χ0n) is 11.7. The van der Waals surface area contributed by atoms with Crippen LogP contribution in [0.1, 0.15) is 25.3 Å².